The molecule has 1 aromatic rings. The summed E-state index contributed by atoms with van der Waals surface area (Å²) in [6, 6.07) is -1.05. The summed E-state index contributed by atoms with van der Waals surface area (Å²) in [5, 5.41) is 23.5. The molecule has 8 heteroatoms. The molecule has 0 aliphatic rings. The highest BCUT2D eigenvalue weighted by Gasteiger charge is 2.18. The van der Waals surface area contributed by atoms with Crippen LogP contribution in [0.25, 0.3) is 0 Å². The number of hydrogen-bond acceptors (Lipinski definition) is 5. The second kappa shape index (κ2) is 6.59. The summed E-state index contributed by atoms with van der Waals surface area (Å²) in [6.07, 6.45) is 2.92. The van der Waals surface area contributed by atoms with Crippen molar-refractivity contribution >= 4 is 11.9 Å². The van der Waals surface area contributed by atoms with E-state index < -0.39 is 17.9 Å². The van der Waals surface area contributed by atoms with E-state index in [2.05, 4.69) is 15.4 Å². The molecule has 1 rings (SSSR count). The predicted molar refractivity (Wildman–Crippen MR) is 55.9 cm³/mol. The smallest absolute Gasteiger partial charge is 0.326 e. The van der Waals surface area contributed by atoms with Gasteiger partial charge in [-0.2, -0.15) is 5.10 Å². The van der Waals surface area contributed by atoms with Crippen LogP contribution in [0.4, 0.5) is 0 Å². The van der Waals surface area contributed by atoms with Gasteiger partial charge in [0.2, 0.25) is 5.91 Å². The maximum absolute atomic E-state index is 11.4. The van der Waals surface area contributed by atoms with Crippen molar-refractivity contribution in [1.29, 1.82) is 0 Å². The molecule has 0 radical (unpaired) electrons. The Bertz CT molecular complexity index is 365. The highest BCUT2D eigenvalue weighted by molar-refractivity contribution is 5.83. The van der Waals surface area contributed by atoms with Crippen molar-refractivity contribution in [3.05, 3.63) is 12.7 Å². The lowest BCUT2D eigenvalue weighted by atomic mass is 10.2. The van der Waals surface area contributed by atoms with Crippen LogP contribution in [0.2, 0.25) is 0 Å². The monoisotopic (exact) mass is 242 g/mol. The van der Waals surface area contributed by atoms with Crippen molar-refractivity contribution in [1.82, 2.24) is 20.1 Å². The van der Waals surface area contributed by atoms with Crippen LogP contribution in [0.5, 0.6) is 0 Å². The molecule has 0 saturated carbocycles. The van der Waals surface area contributed by atoms with Gasteiger partial charge in [-0.3, -0.25) is 9.48 Å². The Morgan fingerprint density at radius 3 is 2.76 bits per heavy atom. The van der Waals surface area contributed by atoms with Gasteiger partial charge < -0.3 is 15.5 Å². The Kier molecular flexibility index (Phi) is 5.08. The molecule has 1 aromatic heterocycles. The average molecular weight is 242 g/mol. The number of hydrogen-bond donors (Lipinski definition) is 3. The number of carboxylic acid groups (broad SMARTS) is 1. The molecule has 1 heterocycles. The molecule has 0 fully saturated rings. The summed E-state index contributed by atoms with van der Waals surface area (Å²) >= 11 is 0. The van der Waals surface area contributed by atoms with Crippen LogP contribution in [-0.4, -0.2) is 49.5 Å². The minimum absolute atomic E-state index is 0.00953. The van der Waals surface area contributed by atoms with Crippen molar-refractivity contribution in [3.63, 3.8) is 0 Å². The number of nitrogens with zero attached hydrogens (tertiary/aromatic N) is 3. The van der Waals surface area contributed by atoms with E-state index in [0.717, 1.165) is 0 Å². The highest BCUT2D eigenvalue weighted by Crippen LogP contribution is 1.94. The Labute approximate surface area is 97.3 Å². The van der Waals surface area contributed by atoms with Gasteiger partial charge in [0.1, 0.15) is 18.7 Å². The van der Waals surface area contributed by atoms with Crippen molar-refractivity contribution in [2.45, 2.75) is 25.4 Å². The standard InChI is InChI=1S/C9H14N4O4/c14-4-2-7(9(16)17)12-8(15)1-3-13-6-10-5-11-13/h5-7,14H,1-4H2,(H,12,15)(H,16,17). The quantitative estimate of drug-likeness (QED) is 0.542. The first kappa shape index (κ1) is 13.1. The second-order valence-electron chi connectivity index (χ2n) is 3.38. The lowest BCUT2D eigenvalue weighted by Gasteiger charge is -2.12. The Morgan fingerprint density at radius 1 is 1.47 bits per heavy atom. The number of aromatic nitrogens is 3. The lowest BCUT2D eigenvalue weighted by molar-refractivity contribution is -0.142. The van der Waals surface area contributed by atoms with E-state index in [1.807, 2.05) is 0 Å². The van der Waals surface area contributed by atoms with Crippen LogP contribution in [0.1, 0.15) is 12.8 Å². The van der Waals surface area contributed by atoms with E-state index >= 15 is 0 Å². The number of aryl methyl sites for hydroxylation is 1. The van der Waals surface area contributed by atoms with E-state index in [-0.39, 0.29) is 19.4 Å². The van der Waals surface area contributed by atoms with E-state index in [1.165, 1.54) is 17.3 Å². The van der Waals surface area contributed by atoms with Gasteiger partial charge in [-0.25, -0.2) is 9.78 Å². The van der Waals surface area contributed by atoms with E-state index in [4.69, 9.17) is 10.2 Å². The zero-order valence-corrected chi connectivity index (χ0v) is 9.11. The molecule has 0 bridgehead atoms. The molecule has 1 amide bonds. The number of rotatable bonds is 7. The highest BCUT2D eigenvalue weighted by atomic mass is 16.4. The maximum atomic E-state index is 11.4. The first-order valence-corrected chi connectivity index (χ1v) is 5.09. The van der Waals surface area contributed by atoms with Gasteiger partial charge in [-0.15, -0.1) is 0 Å². The SMILES string of the molecule is O=C(CCn1cncn1)NC(CCO)C(=O)O. The fraction of sp³-hybridized carbons (Fsp3) is 0.556. The summed E-state index contributed by atoms with van der Waals surface area (Å²) in [7, 11) is 0. The third-order valence-electron chi connectivity index (χ3n) is 2.09. The molecule has 8 nitrogen and oxygen atoms in total. The van der Waals surface area contributed by atoms with E-state index in [0.29, 0.717) is 6.54 Å². The van der Waals surface area contributed by atoms with Crippen molar-refractivity contribution < 1.29 is 19.8 Å². The molecule has 3 N–H and O–H groups in total. The molecule has 0 aliphatic heterocycles. The van der Waals surface area contributed by atoms with Gasteiger partial charge >= 0.3 is 5.97 Å². The third kappa shape index (κ3) is 4.60. The molecule has 0 saturated heterocycles. The normalized spacial score (nSPS) is 12.1. The summed E-state index contributed by atoms with van der Waals surface area (Å²) < 4.78 is 1.47. The molecule has 94 valence electrons. The molecule has 1 unspecified atom stereocenters. The molecule has 1 atom stereocenters. The Morgan fingerprint density at radius 2 is 2.24 bits per heavy atom. The number of carbonyl (C=O) groups is 2. The van der Waals surface area contributed by atoms with Crippen LogP contribution < -0.4 is 5.32 Å². The minimum atomic E-state index is -1.16. The number of aliphatic hydroxyl groups is 1. The zero-order valence-electron chi connectivity index (χ0n) is 9.11. The van der Waals surface area contributed by atoms with Gasteiger partial charge in [-0.05, 0) is 0 Å². The molecular weight excluding hydrogens is 228 g/mol. The molecular formula is C9H14N4O4. The van der Waals surface area contributed by atoms with Crippen LogP contribution >= 0.6 is 0 Å². The lowest BCUT2D eigenvalue weighted by Crippen LogP contribution is -2.41. The van der Waals surface area contributed by atoms with Crippen molar-refractivity contribution in [3.8, 4) is 0 Å². The molecule has 0 spiro atoms. The summed E-state index contributed by atoms with van der Waals surface area (Å²) in [4.78, 5) is 25.8. The van der Waals surface area contributed by atoms with Gasteiger partial charge in [0.25, 0.3) is 0 Å². The Hall–Kier alpha value is -1.96. The first-order chi connectivity index (χ1) is 8.13. The largest absolute Gasteiger partial charge is 0.480 e. The number of carbonyl (C=O) groups excluding carboxylic acids is 1. The van der Waals surface area contributed by atoms with Gasteiger partial charge in [-0.1, -0.05) is 0 Å². The number of nitrogens with one attached hydrogen (secondary N) is 1. The van der Waals surface area contributed by atoms with Gasteiger partial charge in [0.05, 0.1) is 6.54 Å². The number of carboxylic acids is 1. The minimum Gasteiger partial charge on any atom is -0.480 e. The van der Waals surface area contributed by atoms with Gasteiger partial charge in [0, 0.05) is 19.4 Å². The summed E-state index contributed by atoms with van der Waals surface area (Å²) in [5.41, 5.74) is 0. The van der Waals surface area contributed by atoms with E-state index in [9.17, 15) is 9.59 Å². The van der Waals surface area contributed by atoms with Crippen LogP contribution in [0.3, 0.4) is 0 Å². The molecule has 17 heavy (non-hydrogen) atoms. The van der Waals surface area contributed by atoms with Crippen molar-refractivity contribution in [2.75, 3.05) is 6.61 Å². The average Bonchev–Trinajstić information content (AvgIpc) is 2.78. The number of aliphatic carboxylic acids is 1. The predicted octanol–water partition coefficient (Wildman–Crippen LogP) is -1.38. The number of aliphatic hydroxyl groups excluding tert-OH is 1. The van der Waals surface area contributed by atoms with Gasteiger partial charge in [0.15, 0.2) is 0 Å². The summed E-state index contributed by atoms with van der Waals surface area (Å²) in [5.74, 6) is -1.56. The summed E-state index contributed by atoms with van der Waals surface area (Å²) in [6.45, 7) is 0.0393. The van der Waals surface area contributed by atoms with Crippen LogP contribution in [-0.2, 0) is 16.1 Å². The molecule has 0 aromatic carbocycles. The zero-order chi connectivity index (χ0) is 12.7. The van der Waals surface area contributed by atoms with Crippen molar-refractivity contribution in [2.24, 2.45) is 0 Å². The number of amides is 1. The van der Waals surface area contributed by atoms with Crippen LogP contribution in [0.15, 0.2) is 12.7 Å². The van der Waals surface area contributed by atoms with Crippen LogP contribution in [0, 0.1) is 0 Å². The fourth-order valence-corrected chi connectivity index (χ4v) is 1.22. The maximum Gasteiger partial charge on any atom is 0.326 e. The fourth-order valence-electron chi connectivity index (χ4n) is 1.22. The van der Waals surface area contributed by atoms with E-state index in [1.54, 1.807) is 0 Å². The second-order valence-corrected chi connectivity index (χ2v) is 3.38. The molecule has 0 aliphatic carbocycles. The topological polar surface area (TPSA) is 117 Å². The Balaban J connectivity index is 2.34. The first-order valence-electron chi connectivity index (χ1n) is 5.09. The third-order valence-corrected chi connectivity index (χ3v) is 2.09.